The van der Waals surface area contributed by atoms with E-state index >= 15 is 0 Å². The highest BCUT2D eigenvalue weighted by Gasteiger charge is 2.25. The first-order valence-electron chi connectivity index (χ1n) is 9.41. The summed E-state index contributed by atoms with van der Waals surface area (Å²) >= 11 is 0. The summed E-state index contributed by atoms with van der Waals surface area (Å²) in [4.78, 5) is 7.06. The monoisotopic (exact) mass is 342 g/mol. The van der Waals surface area contributed by atoms with Crippen molar-refractivity contribution in [3.8, 4) is 5.88 Å². The molecule has 0 saturated carbocycles. The number of pyridine rings is 1. The predicted octanol–water partition coefficient (Wildman–Crippen LogP) is 3.84. The van der Waals surface area contributed by atoms with E-state index in [0.29, 0.717) is 24.4 Å². The van der Waals surface area contributed by atoms with Crippen LogP contribution in [-0.4, -0.2) is 39.8 Å². The number of aryl methyl sites for hydroxylation is 2. The molecule has 0 bridgehead atoms. The van der Waals surface area contributed by atoms with Crippen molar-refractivity contribution in [2.45, 2.75) is 53.0 Å². The Labute approximate surface area is 150 Å². The van der Waals surface area contributed by atoms with Gasteiger partial charge < -0.3 is 4.74 Å². The van der Waals surface area contributed by atoms with Crippen molar-refractivity contribution in [3.63, 3.8) is 0 Å². The number of nitrogens with one attached hydrogen (secondary N) is 1. The number of likely N-dealkylation sites (tertiary alicyclic amines) is 1. The van der Waals surface area contributed by atoms with Crippen molar-refractivity contribution in [1.29, 1.82) is 0 Å². The third-order valence-corrected chi connectivity index (χ3v) is 5.08. The fourth-order valence-corrected chi connectivity index (χ4v) is 3.94. The normalized spacial score (nSPS) is 19.8. The third kappa shape index (κ3) is 4.60. The van der Waals surface area contributed by atoms with Crippen LogP contribution in [0.4, 0.5) is 0 Å². The second kappa shape index (κ2) is 8.00. The number of aromatic nitrogens is 3. The lowest BCUT2D eigenvalue weighted by atomic mass is 9.90. The first-order valence-corrected chi connectivity index (χ1v) is 9.41. The molecule has 1 N–H and O–H groups in total. The van der Waals surface area contributed by atoms with Gasteiger partial charge in [-0.1, -0.05) is 0 Å². The Morgan fingerprint density at radius 1 is 1.28 bits per heavy atom. The largest absolute Gasteiger partial charge is 0.477 e. The van der Waals surface area contributed by atoms with Gasteiger partial charge >= 0.3 is 0 Å². The van der Waals surface area contributed by atoms with Crippen molar-refractivity contribution in [2.24, 2.45) is 5.92 Å². The lowest BCUT2D eigenvalue weighted by Gasteiger charge is -2.36. The highest BCUT2D eigenvalue weighted by Crippen LogP contribution is 2.28. The Bertz CT molecular complexity index is 677. The van der Waals surface area contributed by atoms with Crippen molar-refractivity contribution < 1.29 is 4.74 Å². The van der Waals surface area contributed by atoms with Gasteiger partial charge in [-0.2, -0.15) is 0 Å². The van der Waals surface area contributed by atoms with E-state index in [1.807, 2.05) is 13.0 Å². The summed E-state index contributed by atoms with van der Waals surface area (Å²) in [7, 11) is 0. The molecule has 0 spiro atoms. The smallest absolute Gasteiger partial charge is 0.232 e. The molecule has 2 aromatic heterocycles. The molecular formula is C20H30N4O. The zero-order chi connectivity index (χ0) is 17.8. The van der Waals surface area contributed by atoms with Crippen LogP contribution in [0.25, 0.3) is 0 Å². The van der Waals surface area contributed by atoms with E-state index < -0.39 is 0 Å². The van der Waals surface area contributed by atoms with Crippen molar-refractivity contribution in [2.75, 3.05) is 19.7 Å². The van der Waals surface area contributed by atoms with Gasteiger partial charge in [0.15, 0.2) is 0 Å². The van der Waals surface area contributed by atoms with E-state index in [0.717, 1.165) is 36.6 Å². The number of ether oxygens (including phenoxy) is 1. The molecule has 1 aliphatic heterocycles. The van der Waals surface area contributed by atoms with Crippen LogP contribution in [0.2, 0.25) is 0 Å². The van der Waals surface area contributed by atoms with E-state index in [1.165, 1.54) is 18.4 Å². The fourth-order valence-electron chi connectivity index (χ4n) is 3.94. The number of aromatic amines is 1. The minimum Gasteiger partial charge on any atom is -0.477 e. The van der Waals surface area contributed by atoms with E-state index in [1.54, 1.807) is 0 Å². The Kier molecular flexibility index (Phi) is 5.74. The van der Waals surface area contributed by atoms with Gasteiger partial charge in [-0.05, 0) is 77.1 Å². The molecule has 5 heteroatoms. The average Bonchev–Trinajstić information content (AvgIpc) is 3.02. The quantitative estimate of drug-likeness (QED) is 0.867. The lowest BCUT2D eigenvalue weighted by molar-refractivity contribution is 0.129. The molecule has 0 aliphatic carbocycles. The topological polar surface area (TPSA) is 54.0 Å². The van der Waals surface area contributed by atoms with Crippen LogP contribution < -0.4 is 4.74 Å². The lowest BCUT2D eigenvalue weighted by Crippen LogP contribution is -2.38. The summed E-state index contributed by atoms with van der Waals surface area (Å²) in [6, 6.07) is 6.84. The molecule has 0 radical (unpaired) electrons. The molecule has 1 aliphatic rings. The molecule has 136 valence electrons. The van der Waals surface area contributed by atoms with Crippen molar-refractivity contribution in [3.05, 3.63) is 40.8 Å². The Morgan fingerprint density at radius 3 is 2.76 bits per heavy atom. The molecule has 2 aromatic rings. The number of piperidine rings is 1. The summed E-state index contributed by atoms with van der Waals surface area (Å²) in [6.45, 7) is 11.3. The van der Waals surface area contributed by atoms with Gasteiger partial charge in [0.05, 0.1) is 12.3 Å². The maximum atomic E-state index is 5.48. The van der Waals surface area contributed by atoms with E-state index in [9.17, 15) is 0 Å². The predicted molar refractivity (Wildman–Crippen MR) is 99.9 cm³/mol. The zero-order valence-corrected chi connectivity index (χ0v) is 15.9. The highest BCUT2D eigenvalue weighted by molar-refractivity contribution is 5.21. The Hall–Kier alpha value is -1.88. The number of nitrogens with zero attached hydrogens (tertiary/aromatic N) is 3. The minimum atomic E-state index is 0.338. The van der Waals surface area contributed by atoms with Crippen LogP contribution in [-0.2, 0) is 6.42 Å². The first-order chi connectivity index (χ1) is 12.0. The van der Waals surface area contributed by atoms with E-state index in [2.05, 4.69) is 53.0 Å². The summed E-state index contributed by atoms with van der Waals surface area (Å²) in [5, 5.41) is 7.39. The molecule has 1 fully saturated rings. The maximum Gasteiger partial charge on any atom is 0.232 e. The van der Waals surface area contributed by atoms with Crippen LogP contribution in [0, 0.1) is 19.8 Å². The summed E-state index contributed by atoms with van der Waals surface area (Å²) < 4.78 is 5.48. The maximum absolute atomic E-state index is 5.48. The van der Waals surface area contributed by atoms with Crippen LogP contribution >= 0.6 is 0 Å². The van der Waals surface area contributed by atoms with Crippen LogP contribution in [0.5, 0.6) is 5.88 Å². The third-order valence-electron chi connectivity index (χ3n) is 5.08. The summed E-state index contributed by atoms with van der Waals surface area (Å²) in [5.74, 6) is 1.40. The van der Waals surface area contributed by atoms with E-state index in [-0.39, 0.29) is 0 Å². The number of rotatable bonds is 6. The van der Waals surface area contributed by atoms with Gasteiger partial charge in [0.1, 0.15) is 0 Å². The Balaban J connectivity index is 1.63. The Morgan fingerprint density at radius 2 is 2.04 bits per heavy atom. The van der Waals surface area contributed by atoms with Gasteiger partial charge in [-0.25, -0.2) is 0 Å². The molecule has 5 nitrogen and oxygen atoms in total. The molecular weight excluding hydrogens is 312 g/mol. The molecule has 2 atom stereocenters. The van der Waals surface area contributed by atoms with Gasteiger partial charge in [0, 0.05) is 30.0 Å². The first kappa shape index (κ1) is 17.9. The summed E-state index contributed by atoms with van der Waals surface area (Å²) in [6.07, 6.45) is 3.70. The van der Waals surface area contributed by atoms with Gasteiger partial charge in [0.2, 0.25) is 5.88 Å². The molecule has 0 aromatic carbocycles. The van der Waals surface area contributed by atoms with Crippen LogP contribution in [0.15, 0.2) is 18.2 Å². The van der Waals surface area contributed by atoms with Crippen LogP contribution in [0.1, 0.15) is 55.4 Å². The van der Waals surface area contributed by atoms with Gasteiger partial charge in [0.25, 0.3) is 0 Å². The number of hydrogen-bond donors (Lipinski definition) is 1. The molecule has 1 saturated heterocycles. The second-order valence-electron chi connectivity index (χ2n) is 7.24. The molecule has 25 heavy (non-hydrogen) atoms. The summed E-state index contributed by atoms with van der Waals surface area (Å²) in [5.41, 5.74) is 4.80. The molecule has 0 amide bonds. The minimum absolute atomic E-state index is 0.338. The van der Waals surface area contributed by atoms with Gasteiger partial charge in [-0.15, -0.1) is 5.10 Å². The standard InChI is InChI=1S/C20H30N4O/c1-5-25-20-12-19(22-23-20)16(4)24-8-6-7-17(13-24)11-18-9-14(2)21-15(3)10-18/h9-10,12,16-17H,5-8,11,13H2,1-4H3,(H,22,23)/t16-,17?/m0/s1. The molecule has 1 unspecified atom stereocenters. The average molecular weight is 342 g/mol. The van der Waals surface area contributed by atoms with Crippen LogP contribution in [0.3, 0.4) is 0 Å². The SMILES string of the molecule is CCOc1cc([C@H](C)N2CCCC(Cc3cc(C)nc(C)c3)C2)[nH]n1. The van der Waals surface area contributed by atoms with Gasteiger partial charge in [-0.3, -0.25) is 15.0 Å². The van der Waals surface area contributed by atoms with E-state index in [4.69, 9.17) is 4.74 Å². The number of H-pyrrole nitrogens is 1. The second-order valence-corrected chi connectivity index (χ2v) is 7.24. The van der Waals surface area contributed by atoms with Crippen molar-refractivity contribution >= 4 is 0 Å². The fraction of sp³-hybridized carbons (Fsp3) is 0.600. The molecule has 3 heterocycles. The van der Waals surface area contributed by atoms with Crippen molar-refractivity contribution in [1.82, 2.24) is 20.1 Å². The number of hydrogen-bond acceptors (Lipinski definition) is 4. The highest BCUT2D eigenvalue weighted by atomic mass is 16.5. The zero-order valence-electron chi connectivity index (χ0n) is 15.9. The molecule has 3 rings (SSSR count).